The minimum absolute atomic E-state index is 0.0590. The van der Waals surface area contributed by atoms with Crippen LogP contribution in [0.1, 0.15) is 38.4 Å². The van der Waals surface area contributed by atoms with Crippen molar-refractivity contribution in [2.24, 2.45) is 5.92 Å². The molecular weight excluding hydrogens is 284 g/mol. The van der Waals surface area contributed by atoms with Crippen LogP contribution in [-0.4, -0.2) is 18.2 Å². The van der Waals surface area contributed by atoms with Gasteiger partial charge in [-0.15, -0.1) is 0 Å². The van der Waals surface area contributed by atoms with Gasteiger partial charge >= 0.3 is 5.97 Å². The summed E-state index contributed by atoms with van der Waals surface area (Å²) in [4.78, 5) is 23.9. The molecule has 22 heavy (non-hydrogen) atoms. The molecule has 5 nitrogen and oxygen atoms in total. The number of para-hydroxylation sites is 1. The lowest BCUT2D eigenvalue weighted by Crippen LogP contribution is -2.14. The maximum atomic E-state index is 12.3. The molecule has 1 aromatic heterocycles. The lowest BCUT2D eigenvalue weighted by molar-refractivity contribution is -0.141. The van der Waals surface area contributed by atoms with E-state index in [4.69, 9.17) is 9.15 Å². The lowest BCUT2D eigenvalue weighted by atomic mass is 9.91. The average molecular weight is 304 g/mol. The second-order valence-corrected chi connectivity index (χ2v) is 5.75. The third-order valence-corrected chi connectivity index (χ3v) is 3.57. The molecule has 1 atom stereocenters. The molecule has 1 heterocycles. The Hall–Kier alpha value is -2.30. The molecule has 5 heteroatoms. The lowest BCUT2D eigenvalue weighted by Gasteiger charge is -2.18. The largest absolute Gasteiger partial charge is 0.502 e. The van der Waals surface area contributed by atoms with Crippen molar-refractivity contribution in [3.05, 3.63) is 40.2 Å². The maximum Gasteiger partial charge on any atom is 0.306 e. The summed E-state index contributed by atoms with van der Waals surface area (Å²) in [5.41, 5.74) is -0.0746. The Morgan fingerprint density at radius 3 is 2.64 bits per heavy atom. The molecule has 0 aliphatic carbocycles. The summed E-state index contributed by atoms with van der Waals surface area (Å²) < 4.78 is 10.4. The Bertz CT molecular complexity index is 729. The molecule has 0 aliphatic heterocycles. The van der Waals surface area contributed by atoms with E-state index in [0.29, 0.717) is 17.4 Å². The van der Waals surface area contributed by atoms with Crippen molar-refractivity contribution in [3.63, 3.8) is 0 Å². The molecule has 0 unspecified atom stereocenters. The van der Waals surface area contributed by atoms with Gasteiger partial charge in [-0.1, -0.05) is 26.0 Å². The van der Waals surface area contributed by atoms with Crippen LogP contribution in [-0.2, 0) is 9.53 Å². The number of esters is 1. The Kier molecular flexibility index (Phi) is 4.85. The molecule has 0 radical (unpaired) electrons. The smallest absolute Gasteiger partial charge is 0.306 e. The van der Waals surface area contributed by atoms with Gasteiger partial charge in [0.1, 0.15) is 5.58 Å². The molecule has 0 saturated heterocycles. The highest BCUT2D eigenvalue weighted by molar-refractivity contribution is 5.78. The monoisotopic (exact) mass is 304 g/mol. The molecule has 1 aromatic carbocycles. The van der Waals surface area contributed by atoms with E-state index in [9.17, 15) is 14.7 Å². The van der Waals surface area contributed by atoms with E-state index >= 15 is 0 Å². The van der Waals surface area contributed by atoms with Crippen molar-refractivity contribution in [2.75, 3.05) is 7.11 Å². The van der Waals surface area contributed by atoms with E-state index in [1.165, 1.54) is 7.11 Å². The first-order chi connectivity index (χ1) is 10.4. The molecule has 0 saturated carbocycles. The highest BCUT2D eigenvalue weighted by Gasteiger charge is 2.26. The Balaban J connectivity index is 2.55. The normalized spacial score (nSPS) is 12.5. The van der Waals surface area contributed by atoms with Crippen LogP contribution in [0.5, 0.6) is 5.75 Å². The molecule has 1 N–H and O–H groups in total. The first-order valence-electron chi connectivity index (χ1n) is 7.25. The second-order valence-electron chi connectivity index (χ2n) is 5.75. The van der Waals surface area contributed by atoms with Crippen LogP contribution in [0.3, 0.4) is 0 Å². The molecule has 0 spiro atoms. The Labute approximate surface area is 128 Å². The summed E-state index contributed by atoms with van der Waals surface area (Å²) in [6.45, 7) is 4.00. The predicted octanol–water partition coefficient (Wildman–Crippen LogP) is 3.19. The number of hydrogen-bond acceptors (Lipinski definition) is 5. The van der Waals surface area contributed by atoms with Crippen molar-refractivity contribution in [3.8, 4) is 5.75 Å². The van der Waals surface area contributed by atoms with Crippen molar-refractivity contribution in [1.29, 1.82) is 0 Å². The molecule has 0 aliphatic rings. The van der Waals surface area contributed by atoms with Crippen LogP contribution < -0.4 is 5.43 Å². The number of carbonyl (C=O) groups excluding carboxylic acids is 1. The number of methoxy groups -OCH3 is 1. The molecule has 0 bridgehead atoms. The van der Waals surface area contributed by atoms with E-state index in [1.807, 2.05) is 13.8 Å². The molecule has 118 valence electrons. The van der Waals surface area contributed by atoms with Gasteiger partial charge in [-0.2, -0.15) is 0 Å². The van der Waals surface area contributed by atoms with Crippen LogP contribution >= 0.6 is 0 Å². The quantitative estimate of drug-likeness (QED) is 0.858. The first kappa shape index (κ1) is 16.1. The minimum Gasteiger partial charge on any atom is -0.502 e. The fourth-order valence-electron chi connectivity index (χ4n) is 2.56. The third-order valence-electron chi connectivity index (χ3n) is 3.57. The number of benzene rings is 1. The summed E-state index contributed by atoms with van der Waals surface area (Å²) >= 11 is 0. The summed E-state index contributed by atoms with van der Waals surface area (Å²) in [7, 11) is 1.31. The molecular formula is C17H20O5. The van der Waals surface area contributed by atoms with Gasteiger partial charge in [0.05, 0.1) is 18.9 Å². The number of carbonyl (C=O) groups is 1. The van der Waals surface area contributed by atoms with Crippen LogP contribution in [0.4, 0.5) is 0 Å². The zero-order valence-electron chi connectivity index (χ0n) is 13.0. The van der Waals surface area contributed by atoms with Crippen molar-refractivity contribution in [1.82, 2.24) is 0 Å². The molecule has 2 rings (SSSR count). The van der Waals surface area contributed by atoms with Crippen LogP contribution in [0, 0.1) is 5.92 Å². The van der Waals surface area contributed by atoms with Crippen molar-refractivity contribution >= 4 is 16.9 Å². The fourth-order valence-corrected chi connectivity index (χ4v) is 2.56. The van der Waals surface area contributed by atoms with Crippen LogP contribution in [0.15, 0.2) is 33.5 Å². The average Bonchev–Trinajstić information content (AvgIpc) is 2.49. The van der Waals surface area contributed by atoms with Gasteiger partial charge in [0.2, 0.25) is 11.2 Å². The molecule has 0 fully saturated rings. The third kappa shape index (κ3) is 3.30. The van der Waals surface area contributed by atoms with Gasteiger partial charge in [-0.3, -0.25) is 9.59 Å². The van der Waals surface area contributed by atoms with Gasteiger partial charge in [0, 0.05) is 5.92 Å². The number of aromatic hydroxyl groups is 1. The summed E-state index contributed by atoms with van der Waals surface area (Å²) in [5.74, 6) is -0.799. The molecule has 2 aromatic rings. The number of hydrogen-bond donors (Lipinski definition) is 1. The fraction of sp³-hybridized carbons (Fsp3) is 0.412. The van der Waals surface area contributed by atoms with Gasteiger partial charge in [0.15, 0.2) is 5.76 Å². The topological polar surface area (TPSA) is 76.7 Å². The highest BCUT2D eigenvalue weighted by atomic mass is 16.5. The Morgan fingerprint density at radius 1 is 1.32 bits per heavy atom. The predicted molar refractivity (Wildman–Crippen MR) is 83.0 cm³/mol. The van der Waals surface area contributed by atoms with Crippen LogP contribution in [0.25, 0.3) is 11.0 Å². The number of fused-ring (bicyclic) bond motifs is 1. The zero-order chi connectivity index (χ0) is 16.3. The van der Waals surface area contributed by atoms with Crippen molar-refractivity contribution in [2.45, 2.75) is 32.6 Å². The second kappa shape index (κ2) is 6.64. The zero-order valence-corrected chi connectivity index (χ0v) is 13.0. The van der Waals surface area contributed by atoms with E-state index in [2.05, 4.69) is 0 Å². The van der Waals surface area contributed by atoms with Crippen LogP contribution in [0.2, 0.25) is 0 Å². The SMILES string of the molecule is COC(=O)C[C@H](CC(C)C)c1oc2ccccc2c(=O)c1O. The minimum atomic E-state index is -0.476. The first-order valence-corrected chi connectivity index (χ1v) is 7.25. The number of ether oxygens (including phenoxy) is 1. The van der Waals surface area contributed by atoms with E-state index in [-0.39, 0.29) is 18.1 Å². The highest BCUT2D eigenvalue weighted by Crippen LogP contribution is 2.33. The van der Waals surface area contributed by atoms with Gasteiger partial charge < -0.3 is 14.3 Å². The van der Waals surface area contributed by atoms with E-state index < -0.39 is 23.1 Å². The van der Waals surface area contributed by atoms with Gasteiger partial charge in [0.25, 0.3) is 0 Å². The maximum absolute atomic E-state index is 12.3. The van der Waals surface area contributed by atoms with Crippen molar-refractivity contribution < 1.29 is 19.1 Å². The van der Waals surface area contributed by atoms with E-state index in [1.54, 1.807) is 24.3 Å². The summed E-state index contributed by atoms with van der Waals surface area (Å²) in [6.07, 6.45) is 0.660. The number of rotatable bonds is 5. The summed E-state index contributed by atoms with van der Waals surface area (Å²) in [6, 6.07) is 6.73. The molecule has 0 amide bonds. The summed E-state index contributed by atoms with van der Waals surface area (Å²) in [5, 5.41) is 10.5. The Morgan fingerprint density at radius 2 is 2.00 bits per heavy atom. The van der Waals surface area contributed by atoms with Gasteiger partial charge in [-0.25, -0.2) is 0 Å². The standard InChI is InChI=1S/C17H20O5/c1-10(2)8-11(9-14(18)21-3)17-16(20)15(19)12-6-4-5-7-13(12)22-17/h4-7,10-11,20H,8-9H2,1-3H3/t11-/m0/s1. The van der Waals surface area contributed by atoms with E-state index in [0.717, 1.165) is 0 Å². The van der Waals surface area contributed by atoms with Gasteiger partial charge in [-0.05, 0) is 24.5 Å².